The third-order valence-corrected chi connectivity index (χ3v) is 21.2. The van der Waals surface area contributed by atoms with E-state index in [1.165, 1.54) is 43.0 Å². The Balaban J connectivity index is 1.09. The molecule has 4 heterocycles. The minimum absolute atomic E-state index is 0.908. The molecule has 13 rings (SSSR count). The number of rotatable bonds is 6. The van der Waals surface area contributed by atoms with Crippen LogP contribution < -0.4 is 30.5 Å². The van der Waals surface area contributed by atoms with E-state index in [9.17, 15) is 0 Å². The van der Waals surface area contributed by atoms with Gasteiger partial charge in [0.25, 0.3) is 0 Å². The van der Waals surface area contributed by atoms with E-state index in [0.717, 1.165) is 78.0 Å². The van der Waals surface area contributed by atoms with Gasteiger partial charge in [0, 0.05) is 44.6 Å². The van der Waals surface area contributed by atoms with Crippen LogP contribution in [0, 0.1) is 0 Å². The number of benzene rings is 9. The average molecular weight is 857 g/mol. The zero-order valence-electron chi connectivity index (χ0n) is 36.2. The largest absolute Gasteiger partial charge is 0.455 e. The van der Waals surface area contributed by atoms with Gasteiger partial charge in [-0.25, -0.2) is 0 Å². The van der Waals surface area contributed by atoms with Crippen molar-refractivity contribution in [1.29, 1.82) is 0 Å². The highest BCUT2D eigenvalue weighted by atomic mass is 28.3. The summed E-state index contributed by atoms with van der Waals surface area (Å²) in [5.41, 5.74) is 15.7. The molecule has 64 heavy (non-hydrogen) atoms. The highest BCUT2D eigenvalue weighted by molar-refractivity contribution is 7.06. The van der Waals surface area contributed by atoms with Gasteiger partial charge in [-0.05, 0) is 105 Å². The van der Waals surface area contributed by atoms with Crippen LogP contribution >= 0.6 is 0 Å². The zero-order valence-corrected chi connectivity index (χ0v) is 38.2. The summed E-state index contributed by atoms with van der Waals surface area (Å²) < 4.78 is 14.3. The van der Waals surface area contributed by atoms with E-state index in [2.05, 4.69) is 230 Å². The number of nitrogens with zero attached hydrogens (tertiary/aromatic N) is 2. The maximum absolute atomic E-state index is 7.15. The van der Waals surface area contributed by atoms with Crippen molar-refractivity contribution in [1.82, 2.24) is 0 Å². The molecule has 0 saturated carbocycles. The topological polar surface area (TPSA) is 32.8 Å². The van der Waals surface area contributed by atoms with E-state index in [-0.39, 0.29) is 0 Å². The van der Waals surface area contributed by atoms with E-state index in [1.54, 1.807) is 0 Å². The monoisotopic (exact) mass is 856 g/mol. The quantitative estimate of drug-likeness (QED) is 0.156. The summed E-state index contributed by atoms with van der Waals surface area (Å²) in [5.74, 6) is 0. The van der Waals surface area contributed by atoms with Gasteiger partial charge in [-0.15, -0.1) is 0 Å². The third-order valence-electron chi connectivity index (χ3n) is 14.2. The van der Waals surface area contributed by atoms with Gasteiger partial charge in [-0.2, -0.15) is 0 Å². The third kappa shape index (κ3) is 5.15. The van der Waals surface area contributed by atoms with E-state index in [1.807, 2.05) is 0 Å². The van der Waals surface area contributed by atoms with Crippen LogP contribution in [-0.2, 0) is 0 Å². The molecule has 0 atom stereocenters. The van der Waals surface area contributed by atoms with Gasteiger partial charge in [0.1, 0.15) is 38.5 Å². The number of hydrogen-bond acceptors (Lipinski definition) is 4. The zero-order chi connectivity index (χ0) is 42.9. The molecule has 4 nitrogen and oxygen atoms in total. The molecular weight excluding hydrogens is 813 g/mol. The van der Waals surface area contributed by atoms with Gasteiger partial charge in [0.15, 0.2) is 0 Å². The molecule has 0 bridgehead atoms. The second kappa shape index (κ2) is 13.6. The predicted molar refractivity (Wildman–Crippen MR) is 275 cm³/mol. The van der Waals surface area contributed by atoms with Gasteiger partial charge in [0.05, 0.1) is 22.1 Å². The second-order valence-electron chi connectivity index (χ2n) is 18.4. The molecule has 9 aromatic carbocycles. The fourth-order valence-electron chi connectivity index (χ4n) is 11.1. The Kier molecular flexibility index (Phi) is 7.88. The van der Waals surface area contributed by atoms with Crippen molar-refractivity contribution in [2.45, 2.75) is 26.2 Å². The van der Waals surface area contributed by atoms with E-state index < -0.39 is 16.1 Å². The summed E-state index contributed by atoms with van der Waals surface area (Å²) in [6.45, 7) is 10.1. The van der Waals surface area contributed by atoms with Crippen LogP contribution in [0.5, 0.6) is 0 Å². The van der Waals surface area contributed by atoms with Gasteiger partial charge >= 0.3 is 0 Å². The van der Waals surface area contributed by atoms with Gasteiger partial charge in [-0.3, -0.25) is 0 Å². The maximum atomic E-state index is 7.15. The minimum atomic E-state index is -2.36. The molecule has 0 spiro atoms. The van der Waals surface area contributed by atoms with Crippen molar-refractivity contribution in [3.8, 4) is 22.3 Å². The number of fused-ring (bicyclic) bond motifs is 14. The smallest absolute Gasteiger partial charge is 0.145 e. The molecule has 0 unspecified atom stereocenters. The first-order chi connectivity index (χ1) is 31.3. The molecule has 0 saturated heterocycles. The highest BCUT2D eigenvalue weighted by Gasteiger charge is 2.47. The molecular formula is C58H44N2O2Si2. The van der Waals surface area contributed by atoms with Crippen LogP contribution in [0.25, 0.3) is 66.1 Å². The second-order valence-corrected chi connectivity index (χ2v) is 27.1. The predicted octanol–water partition coefficient (Wildman–Crippen LogP) is 14.0. The van der Waals surface area contributed by atoms with Crippen molar-refractivity contribution in [3.05, 3.63) is 194 Å². The van der Waals surface area contributed by atoms with Crippen molar-refractivity contribution in [2.24, 2.45) is 0 Å². The lowest BCUT2D eigenvalue weighted by molar-refractivity contribution is 0.670. The Morgan fingerprint density at radius 2 is 0.656 bits per heavy atom. The summed E-state index contributed by atoms with van der Waals surface area (Å²) in [6.07, 6.45) is 0. The number of anilines is 6. The van der Waals surface area contributed by atoms with Crippen molar-refractivity contribution < 1.29 is 8.83 Å². The van der Waals surface area contributed by atoms with Crippen LogP contribution in [0.1, 0.15) is 0 Å². The first kappa shape index (κ1) is 37.2. The SMILES string of the molecule is C[Si]1(C)c2cc3c(cc2-c2c1cc(N(c1ccccc1)c1ccccc1)c1c2oc2ccccc21)[Si](C)(C)c1cc(N(c2ccccc2)c2ccccc2)c2c(oc4ccccc42)c1-3. The Bertz CT molecular complexity index is 3350. The molecule has 6 heteroatoms. The van der Waals surface area contributed by atoms with E-state index >= 15 is 0 Å². The van der Waals surface area contributed by atoms with Crippen molar-refractivity contribution in [3.63, 3.8) is 0 Å². The van der Waals surface area contributed by atoms with Crippen LogP contribution in [0.4, 0.5) is 34.1 Å². The lowest BCUT2D eigenvalue weighted by Gasteiger charge is -2.28. The molecule has 0 fully saturated rings. The highest BCUT2D eigenvalue weighted by Crippen LogP contribution is 2.50. The molecule has 2 aliphatic heterocycles. The summed E-state index contributed by atoms with van der Waals surface area (Å²) in [5, 5.41) is 10.3. The maximum Gasteiger partial charge on any atom is 0.145 e. The van der Waals surface area contributed by atoms with Crippen LogP contribution in [0.15, 0.2) is 203 Å². The lowest BCUT2D eigenvalue weighted by Crippen LogP contribution is -2.51. The Labute approximate surface area is 374 Å². The summed E-state index contributed by atoms with van der Waals surface area (Å²) in [7, 11) is -4.73. The van der Waals surface area contributed by atoms with Crippen LogP contribution in [-0.4, -0.2) is 16.1 Å². The van der Waals surface area contributed by atoms with Crippen molar-refractivity contribution in [2.75, 3.05) is 9.80 Å². The summed E-state index contributed by atoms with van der Waals surface area (Å²) in [6, 6.07) is 70.5. The number of para-hydroxylation sites is 6. The van der Waals surface area contributed by atoms with Crippen molar-refractivity contribution >= 4 is 115 Å². The molecule has 2 aromatic heterocycles. The molecule has 0 N–H and O–H groups in total. The molecule has 11 aromatic rings. The Hall–Kier alpha value is -7.39. The Morgan fingerprint density at radius 1 is 0.344 bits per heavy atom. The average Bonchev–Trinajstić information content (AvgIpc) is 4.03. The fraction of sp³-hybridized carbons (Fsp3) is 0.0690. The number of furan rings is 2. The van der Waals surface area contributed by atoms with Crippen LogP contribution in [0.2, 0.25) is 26.2 Å². The molecule has 0 aliphatic carbocycles. The standard InChI is InChI=1S/C58H44N2O2Si2/c1-63(2)49-33-44-50(34-43(49)55-51(63)35-45(53-41-29-17-19-31-47(41)61-57(53)55)59(37-21-9-5-10-22-37)38-23-11-6-12-24-38)64(3,4)52-36-46(54-42-30-18-20-32-48(42)62-58(54)56(44)52)60(39-25-13-7-14-26-39)40-27-15-8-16-28-40/h5-36H,1-4H3. The summed E-state index contributed by atoms with van der Waals surface area (Å²) >= 11 is 0. The van der Waals surface area contributed by atoms with Crippen LogP contribution in [0.3, 0.4) is 0 Å². The fourth-order valence-corrected chi connectivity index (χ4v) is 17.2. The molecule has 306 valence electrons. The van der Waals surface area contributed by atoms with Gasteiger partial charge in [0.2, 0.25) is 0 Å². The van der Waals surface area contributed by atoms with E-state index in [4.69, 9.17) is 8.83 Å². The lowest BCUT2D eigenvalue weighted by atomic mass is 9.96. The molecule has 2 aliphatic rings. The number of hydrogen-bond donors (Lipinski definition) is 0. The van der Waals surface area contributed by atoms with Gasteiger partial charge in [-0.1, -0.05) is 148 Å². The van der Waals surface area contributed by atoms with Gasteiger partial charge < -0.3 is 18.6 Å². The van der Waals surface area contributed by atoms with E-state index in [0.29, 0.717) is 0 Å². The Morgan fingerprint density at radius 3 is 1.00 bits per heavy atom. The molecule has 0 radical (unpaired) electrons. The normalized spacial score (nSPS) is 14.2. The minimum Gasteiger partial charge on any atom is -0.455 e. The first-order valence-electron chi connectivity index (χ1n) is 22.3. The summed E-state index contributed by atoms with van der Waals surface area (Å²) in [4.78, 5) is 4.85. The molecule has 0 amide bonds. The first-order valence-corrected chi connectivity index (χ1v) is 28.3.